The second-order valence-corrected chi connectivity index (χ2v) is 4.42. The van der Waals surface area contributed by atoms with Gasteiger partial charge < -0.3 is 5.11 Å². The first kappa shape index (κ1) is 11.8. The molecule has 0 aliphatic carbocycles. The lowest BCUT2D eigenvalue weighted by atomic mass is 9.99. The van der Waals surface area contributed by atoms with Crippen LogP contribution in [0.5, 0.6) is 0 Å². The van der Waals surface area contributed by atoms with Crippen molar-refractivity contribution in [2.45, 2.75) is 26.4 Å². The molecule has 2 aromatic rings. The smallest absolute Gasteiger partial charge is 0.0845 e. The van der Waals surface area contributed by atoms with Crippen molar-refractivity contribution in [2.75, 3.05) is 0 Å². The molecule has 2 heteroatoms. The number of aliphatic hydroxyl groups is 1. The molecule has 0 aliphatic heterocycles. The Morgan fingerprint density at radius 3 is 2.65 bits per heavy atom. The lowest BCUT2D eigenvalue weighted by Crippen LogP contribution is -2.02. The summed E-state index contributed by atoms with van der Waals surface area (Å²) < 4.78 is 0. The van der Waals surface area contributed by atoms with E-state index in [-0.39, 0.29) is 0 Å². The van der Waals surface area contributed by atoms with E-state index < -0.39 is 6.10 Å². The van der Waals surface area contributed by atoms with Crippen LogP contribution in [-0.4, -0.2) is 10.1 Å². The van der Waals surface area contributed by atoms with E-state index in [0.29, 0.717) is 6.42 Å². The van der Waals surface area contributed by atoms with E-state index >= 15 is 0 Å². The normalized spacial score (nSPS) is 12.4. The zero-order valence-electron chi connectivity index (χ0n) is 10.2. The SMILES string of the molecule is Cc1ccc(CC(O)c2cccnc2)cc1C. The predicted octanol–water partition coefficient (Wildman–Crippen LogP) is 2.97. The van der Waals surface area contributed by atoms with Crippen molar-refractivity contribution in [3.8, 4) is 0 Å². The molecule has 0 saturated heterocycles. The molecule has 2 rings (SSSR count). The summed E-state index contributed by atoms with van der Waals surface area (Å²) in [6.07, 6.45) is 3.58. The molecule has 1 aromatic carbocycles. The molecule has 2 nitrogen and oxygen atoms in total. The van der Waals surface area contributed by atoms with Gasteiger partial charge in [-0.15, -0.1) is 0 Å². The molecule has 0 bridgehead atoms. The molecular formula is C15H17NO. The average molecular weight is 227 g/mol. The first-order valence-electron chi connectivity index (χ1n) is 5.81. The van der Waals surface area contributed by atoms with Gasteiger partial charge in [-0.25, -0.2) is 0 Å². The fourth-order valence-corrected chi connectivity index (χ4v) is 1.84. The molecule has 0 amide bonds. The highest BCUT2D eigenvalue weighted by Crippen LogP contribution is 2.19. The summed E-state index contributed by atoms with van der Waals surface area (Å²) in [5.41, 5.74) is 4.57. The molecule has 1 heterocycles. The minimum atomic E-state index is -0.481. The van der Waals surface area contributed by atoms with Gasteiger partial charge in [-0.3, -0.25) is 4.98 Å². The van der Waals surface area contributed by atoms with Gasteiger partial charge in [0.25, 0.3) is 0 Å². The van der Waals surface area contributed by atoms with E-state index in [2.05, 4.69) is 37.0 Å². The van der Waals surface area contributed by atoms with Crippen LogP contribution in [0.4, 0.5) is 0 Å². The van der Waals surface area contributed by atoms with Gasteiger partial charge in [0.05, 0.1) is 6.10 Å². The Bertz CT molecular complexity index is 494. The first-order chi connectivity index (χ1) is 8.16. The van der Waals surface area contributed by atoms with Crippen LogP contribution < -0.4 is 0 Å². The monoisotopic (exact) mass is 227 g/mol. The third-order valence-corrected chi connectivity index (χ3v) is 3.07. The maximum absolute atomic E-state index is 10.1. The van der Waals surface area contributed by atoms with Gasteiger partial charge in [0.15, 0.2) is 0 Å². The van der Waals surface area contributed by atoms with Crippen molar-refractivity contribution in [2.24, 2.45) is 0 Å². The van der Waals surface area contributed by atoms with Gasteiger partial charge in [-0.1, -0.05) is 24.3 Å². The van der Waals surface area contributed by atoms with Gasteiger partial charge in [-0.2, -0.15) is 0 Å². The predicted molar refractivity (Wildman–Crippen MR) is 68.8 cm³/mol. The van der Waals surface area contributed by atoms with Crippen molar-refractivity contribution in [1.82, 2.24) is 4.98 Å². The quantitative estimate of drug-likeness (QED) is 0.874. The van der Waals surface area contributed by atoms with E-state index in [1.165, 1.54) is 11.1 Å². The Morgan fingerprint density at radius 1 is 1.18 bits per heavy atom. The number of hydrogen-bond donors (Lipinski definition) is 1. The number of rotatable bonds is 3. The zero-order valence-corrected chi connectivity index (χ0v) is 10.2. The van der Waals surface area contributed by atoms with Gasteiger partial charge >= 0.3 is 0 Å². The van der Waals surface area contributed by atoms with E-state index in [0.717, 1.165) is 11.1 Å². The molecule has 17 heavy (non-hydrogen) atoms. The van der Waals surface area contributed by atoms with E-state index in [1.54, 1.807) is 12.4 Å². The molecule has 0 radical (unpaired) electrons. The van der Waals surface area contributed by atoms with Gasteiger partial charge in [-0.05, 0) is 42.2 Å². The second-order valence-electron chi connectivity index (χ2n) is 4.42. The largest absolute Gasteiger partial charge is 0.388 e. The summed E-state index contributed by atoms with van der Waals surface area (Å²) in [4.78, 5) is 4.02. The second kappa shape index (κ2) is 5.11. The average Bonchev–Trinajstić information content (AvgIpc) is 2.35. The number of pyridine rings is 1. The molecule has 1 unspecified atom stereocenters. The summed E-state index contributed by atoms with van der Waals surface area (Å²) in [5.74, 6) is 0. The summed E-state index contributed by atoms with van der Waals surface area (Å²) in [5, 5.41) is 10.1. The van der Waals surface area contributed by atoms with Crippen LogP contribution in [0, 0.1) is 13.8 Å². The van der Waals surface area contributed by atoms with Crippen LogP contribution in [-0.2, 0) is 6.42 Å². The highest BCUT2D eigenvalue weighted by molar-refractivity contribution is 5.31. The standard InChI is InChI=1S/C15H17NO/c1-11-5-6-13(8-12(11)2)9-15(17)14-4-3-7-16-10-14/h3-8,10,15,17H,9H2,1-2H3. The Labute approximate surface area is 102 Å². The Balaban J connectivity index is 2.13. The molecule has 0 spiro atoms. The fraction of sp³-hybridized carbons (Fsp3) is 0.267. The van der Waals surface area contributed by atoms with Crippen molar-refractivity contribution in [1.29, 1.82) is 0 Å². The molecule has 1 atom stereocenters. The minimum Gasteiger partial charge on any atom is -0.388 e. The Hall–Kier alpha value is -1.67. The molecular weight excluding hydrogens is 210 g/mol. The van der Waals surface area contributed by atoms with E-state index in [1.807, 2.05) is 12.1 Å². The number of aliphatic hydroxyl groups excluding tert-OH is 1. The maximum atomic E-state index is 10.1. The summed E-state index contributed by atoms with van der Waals surface area (Å²) >= 11 is 0. The topological polar surface area (TPSA) is 33.1 Å². The van der Waals surface area contributed by atoms with E-state index in [9.17, 15) is 5.11 Å². The Kier molecular flexibility index (Phi) is 3.55. The lowest BCUT2D eigenvalue weighted by molar-refractivity contribution is 0.178. The van der Waals surface area contributed by atoms with Crippen LogP contribution in [0.1, 0.15) is 28.4 Å². The molecule has 0 saturated carbocycles. The minimum absolute atomic E-state index is 0.481. The van der Waals surface area contributed by atoms with Crippen LogP contribution in [0.3, 0.4) is 0 Å². The summed E-state index contributed by atoms with van der Waals surface area (Å²) in [7, 11) is 0. The van der Waals surface area contributed by atoms with Crippen molar-refractivity contribution in [3.05, 3.63) is 65.0 Å². The molecule has 0 fully saturated rings. The number of hydrogen-bond acceptors (Lipinski definition) is 2. The Morgan fingerprint density at radius 2 is 2.00 bits per heavy atom. The van der Waals surface area contributed by atoms with Crippen molar-refractivity contribution in [3.63, 3.8) is 0 Å². The number of nitrogens with zero attached hydrogens (tertiary/aromatic N) is 1. The number of aromatic nitrogens is 1. The zero-order chi connectivity index (χ0) is 12.3. The highest BCUT2D eigenvalue weighted by Gasteiger charge is 2.08. The first-order valence-corrected chi connectivity index (χ1v) is 5.81. The third-order valence-electron chi connectivity index (χ3n) is 3.07. The summed E-state index contributed by atoms with van der Waals surface area (Å²) in [6.45, 7) is 4.19. The van der Waals surface area contributed by atoms with E-state index in [4.69, 9.17) is 0 Å². The van der Waals surface area contributed by atoms with Crippen LogP contribution in [0.15, 0.2) is 42.7 Å². The summed E-state index contributed by atoms with van der Waals surface area (Å²) in [6, 6.07) is 10.1. The van der Waals surface area contributed by atoms with Crippen LogP contribution in [0.25, 0.3) is 0 Å². The van der Waals surface area contributed by atoms with Gasteiger partial charge in [0, 0.05) is 18.8 Å². The number of aryl methyl sites for hydroxylation is 2. The van der Waals surface area contributed by atoms with Crippen molar-refractivity contribution >= 4 is 0 Å². The lowest BCUT2D eigenvalue weighted by Gasteiger charge is -2.11. The maximum Gasteiger partial charge on any atom is 0.0845 e. The molecule has 1 aromatic heterocycles. The third kappa shape index (κ3) is 2.92. The van der Waals surface area contributed by atoms with Gasteiger partial charge in [0.2, 0.25) is 0 Å². The highest BCUT2D eigenvalue weighted by atomic mass is 16.3. The van der Waals surface area contributed by atoms with Gasteiger partial charge in [0.1, 0.15) is 0 Å². The molecule has 0 aliphatic rings. The van der Waals surface area contributed by atoms with Crippen LogP contribution >= 0.6 is 0 Å². The fourth-order valence-electron chi connectivity index (χ4n) is 1.84. The molecule has 88 valence electrons. The van der Waals surface area contributed by atoms with Crippen molar-refractivity contribution < 1.29 is 5.11 Å². The van der Waals surface area contributed by atoms with Crippen LogP contribution in [0.2, 0.25) is 0 Å². The number of benzene rings is 1. The molecule has 1 N–H and O–H groups in total.